The molecule has 7 heteroatoms. The normalized spacial score (nSPS) is 18.9. The number of nitrogens with zero attached hydrogens (tertiary/aromatic N) is 1. The highest BCUT2D eigenvalue weighted by atomic mass is 32.2. The Balaban J connectivity index is 2.33. The molecule has 0 radical (unpaired) electrons. The van der Waals surface area contributed by atoms with Gasteiger partial charge in [0.2, 0.25) is 10.0 Å². The summed E-state index contributed by atoms with van der Waals surface area (Å²) in [6.07, 6.45) is 1.95. The maximum absolute atomic E-state index is 11.2. The molecule has 1 saturated carbocycles. The van der Waals surface area contributed by atoms with E-state index in [1.807, 2.05) is 0 Å². The van der Waals surface area contributed by atoms with E-state index in [-0.39, 0.29) is 18.1 Å². The summed E-state index contributed by atoms with van der Waals surface area (Å²) in [5.41, 5.74) is 5.10. The zero-order valence-electron chi connectivity index (χ0n) is 7.10. The van der Waals surface area contributed by atoms with E-state index in [1.165, 1.54) is 0 Å². The Bertz CT molecular complexity index is 294. The minimum Gasteiger partial charge on any atom is -0.409 e. The second kappa shape index (κ2) is 3.93. The van der Waals surface area contributed by atoms with Gasteiger partial charge in [-0.2, -0.15) is 0 Å². The van der Waals surface area contributed by atoms with Crippen LogP contribution >= 0.6 is 0 Å². The first-order chi connectivity index (χ1) is 6.03. The molecule has 76 valence electrons. The molecule has 0 aromatic heterocycles. The number of hydrogen-bond acceptors (Lipinski definition) is 4. The van der Waals surface area contributed by atoms with E-state index in [2.05, 4.69) is 9.88 Å². The van der Waals surface area contributed by atoms with Crippen molar-refractivity contribution in [3.8, 4) is 0 Å². The number of hydrogen-bond donors (Lipinski definition) is 3. The van der Waals surface area contributed by atoms with Gasteiger partial charge in [-0.1, -0.05) is 5.16 Å². The molecule has 4 N–H and O–H groups in total. The predicted octanol–water partition coefficient (Wildman–Crippen LogP) is -0.938. The quantitative estimate of drug-likeness (QED) is 0.234. The third-order valence-corrected chi connectivity index (χ3v) is 3.25. The fraction of sp³-hybridized carbons (Fsp3) is 0.833. The number of nitrogens with two attached hydrogens (primary N) is 1. The maximum atomic E-state index is 11.2. The van der Waals surface area contributed by atoms with E-state index in [9.17, 15) is 8.42 Å². The highest BCUT2D eigenvalue weighted by Gasteiger charge is 2.27. The molecule has 0 unspecified atom stereocenters. The van der Waals surface area contributed by atoms with Crippen LogP contribution in [0.3, 0.4) is 0 Å². The maximum Gasteiger partial charge on any atom is 0.212 e. The van der Waals surface area contributed by atoms with E-state index >= 15 is 0 Å². The van der Waals surface area contributed by atoms with Gasteiger partial charge in [-0.05, 0) is 18.8 Å². The molecule has 1 rings (SSSR count). The summed E-state index contributed by atoms with van der Waals surface area (Å²) < 4.78 is 24.6. The lowest BCUT2D eigenvalue weighted by atomic mass is 10.5. The molecule has 1 fully saturated rings. The first-order valence-corrected chi connectivity index (χ1v) is 5.62. The van der Waals surface area contributed by atoms with Gasteiger partial charge >= 0.3 is 0 Å². The van der Waals surface area contributed by atoms with Crippen molar-refractivity contribution in [1.82, 2.24) is 4.72 Å². The van der Waals surface area contributed by atoms with Gasteiger partial charge in [-0.25, -0.2) is 13.1 Å². The smallest absolute Gasteiger partial charge is 0.212 e. The van der Waals surface area contributed by atoms with Crippen LogP contribution in [0, 0.1) is 5.92 Å². The van der Waals surface area contributed by atoms with Gasteiger partial charge < -0.3 is 10.9 Å². The summed E-state index contributed by atoms with van der Waals surface area (Å²) >= 11 is 0. The van der Waals surface area contributed by atoms with Crippen LogP contribution in [-0.2, 0) is 10.0 Å². The van der Waals surface area contributed by atoms with Crippen LogP contribution in [0.1, 0.15) is 12.8 Å². The van der Waals surface area contributed by atoms with Gasteiger partial charge in [-0.15, -0.1) is 0 Å². The molecule has 0 amide bonds. The lowest BCUT2D eigenvalue weighted by Crippen LogP contribution is -2.35. The average molecular weight is 207 g/mol. The number of oxime groups is 1. The lowest BCUT2D eigenvalue weighted by Gasteiger charge is -2.03. The Morgan fingerprint density at radius 1 is 1.62 bits per heavy atom. The minimum absolute atomic E-state index is 0.133. The van der Waals surface area contributed by atoms with Crippen molar-refractivity contribution in [2.75, 3.05) is 12.3 Å². The SMILES string of the molecule is NC(CNS(=O)(=O)CC1CC1)=NO. The first kappa shape index (κ1) is 10.3. The third kappa shape index (κ3) is 4.09. The molecule has 0 heterocycles. The van der Waals surface area contributed by atoms with Crippen molar-refractivity contribution in [3.63, 3.8) is 0 Å². The molecule has 0 aliphatic heterocycles. The van der Waals surface area contributed by atoms with Gasteiger partial charge in [0.1, 0.15) is 0 Å². The molecule has 0 aromatic rings. The van der Waals surface area contributed by atoms with E-state index in [1.54, 1.807) is 0 Å². The van der Waals surface area contributed by atoms with Gasteiger partial charge in [0, 0.05) is 0 Å². The first-order valence-electron chi connectivity index (χ1n) is 3.97. The second-order valence-electron chi connectivity index (χ2n) is 3.14. The predicted molar refractivity (Wildman–Crippen MR) is 47.9 cm³/mol. The van der Waals surface area contributed by atoms with Crippen LogP contribution in [0.25, 0.3) is 0 Å². The second-order valence-corrected chi connectivity index (χ2v) is 4.99. The van der Waals surface area contributed by atoms with Gasteiger partial charge in [0.25, 0.3) is 0 Å². The summed E-state index contributed by atoms with van der Waals surface area (Å²) in [5, 5.41) is 10.8. The Kier molecular flexibility index (Phi) is 3.10. The molecular formula is C6H13N3O3S. The zero-order valence-corrected chi connectivity index (χ0v) is 7.92. The molecule has 0 aromatic carbocycles. The zero-order chi connectivity index (χ0) is 9.90. The van der Waals surface area contributed by atoms with Crippen molar-refractivity contribution in [1.29, 1.82) is 0 Å². The van der Waals surface area contributed by atoms with Crippen LogP contribution in [0.5, 0.6) is 0 Å². The van der Waals surface area contributed by atoms with Gasteiger partial charge in [-0.3, -0.25) is 0 Å². The molecule has 0 bridgehead atoms. The van der Waals surface area contributed by atoms with E-state index < -0.39 is 10.0 Å². The highest BCUT2D eigenvalue weighted by molar-refractivity contribution is 7.89. The van der Waals surface area contributed by atoms with E-state index in [0.29, 0.717) is 5.92 Å². The Labute approximate surface area is 76.9 Å². The standard InChI is InChI=1S/C6H13N3O3S/c7-6(9-10)3-8-13(11,12)4-5-1-2-5/h5,8,10H,1-4H2,(H2,7,9). The van der Waals surface area contributed by atoms with E-state index in [4.69, 9.17) is 10.9 Å². The fourth-order valence-electron chi connectivity index (χ4n) is 0.873. The number of amidine groups is 1. The Hall–Kier alpha value is -0.820. The van der Waals surface area contributed by atoms with Crippen molar-refractivity contribution < 1.29 is 13.6 Å². The van der Waals surface area contributed by atoms with Gasteiger partial charge in [0.05, 0.1) is 12.3 Å². The summed E-state index contributed by atoms with van der Waals surface area (Å²) in [4.78, 5) is 0. The summed E-state index contributed by atoms with van der Waals surface area (Å²) in [7, 11) is -3.25. The average Bonchev–Trinajstić information content (AvgIpc) is 2.83. The molecular weight excluding hydrogens is 194 g/mol. The summed E-state index contributed by atoms with van der Waals surface area (Å²) in [6, 6.07) is 0. The Morgan fingerprint density at radius 3 is 2.69 bits per heavy atom. The molecule has 1 aliphatic rings. The molecule has 6 nitrogen and oxygen atoms in total. The summed E-state index contributed by atoms with van der Waals surface area (Å²) in [5.74, 6) is 0.301. The molecule has 1 aliphatic carbocycles. The van der Waals surface area contributed by atoms with Crippen LogP contribution in [0.4, 0.5) is 0 Å². The lowest BCUT2D eigenvalue weighted by molar-refractivity contribution is 0.317. The van der Waals surface area contributed by atoms with Crippen molar-refractivity contribution in [3.05, 3.63) is 0 Å². The van der Waals surface area contributed by atoms with Crippen LogP contribution in [0.15, 0.2) is 5.16 Å². The number of nitrogens with one attached hydrogen (secondary N) is 1. The molecule has 0 spiro atoms. The third-order valence-electron chi connectivity index (χ3n) is 1.75. The van der Waals surface area contributed by atoms with Gasteiger partial charge in [0.15, 0.2) is 5.84 Å². The topological polar surface area (TPSA) is 105 Å². The van der Waals surface area contributed by atoms with E-state index in [0.717, 1.165) is 12.8 Å². The van der Waals surface area contributed by atoms with Crippen molar-refractivity contribution in [2.45, 2.75) is 12.8 Å². The number of sulfonamides is 1. The van der Waals surface area contributed by atoms with Crippen molar-refractivity contribution in [2.24, 2.45) is 16.8 Å². The molecule has 13 heavy (non-hydrogen) atoms. The monoisotopic (exact) mass is 207 g/mol. The molecule has 0 saturated heterocycles. The molecule has 0 atom stereocenters. The number of rotatable bonds is 5. The van der Waals surface area contributed by atoms with Crippen molar-refractivity contribution >= 4 is 15.9 Å². The van der Waals surface area contributed by atoms with Crippen LogP contribution in [-0.4, -0.2) is 31.8 Å². The Morgan fingerprint density at radius 2 is 2.23 bits per heavy atom. The minimum atomic E-state index is -3.25. The van der Waals surface area contributed by atoms with Crippen LogP contribution < -0.4 is 10.5 Å². The fourth-order valence-corrected chi connectivity index (χ4v) is 2.31. The highest BCUT2D eigenvalue weighted by Crippen LogP contribution is 2.29. The summed E-state index contributed by atoms with van der Waals surface area (Å²) in [6.45, 7) is -0.133. The largest absolute Gasteiger partial charge is 0.409 e. The van der Waals surface area contributed by atoms with Crippen LogP contribution in [0.2, 0.25) is 0 Å².